The quantitative estimate of drug-likeness (QED) is 0.770. The van der Waals surface area contributed by atoms with E-state index in [0.29, 0.717) is 0 Å². The van der Waals surface area contributed by atoms with E-state index in [2.05, 4.69) is 9.55 Å². The van der Waals surface area contributed by atoms with E-state index in [1.807, 2.05) is 18.3 Å². The Morgan fingerprint density at radius 1 is 1.53 bits per heavy atom. The van der Waals surface area contributed by atoms with Crippen LogP contribution in [0, 0.1) is 0 Å². The second kappa shape index (κ2) is 3.24. The van der Waals surface area contributed by atoms with Gasteiger partial charge in [-0.25, -0.2) is 4.98 Å². The molecule has 0 radical (unpaired) electrons. The second-order valence-corrected chi connectivity index (χ2v) is 3.89. The number of aryl methyl sites for hydroxylation is 1. The molecule has 0 fully saturated rings. The fourth-order valence-electron chi connectivity index (χ4n) is 2.06. The topological polar surface area (TPSA) is 57.0 Å². The molecule has 1 unspecified atom stereocenters. The highest BCUT2D eigenvalue weighted by Crippen LogP contribution is 2.25. The van der Waals surface area contributed by atoms with Crippen molar-refractivity contribution in [3.63, 3.8) is 0 Å². The van der Waals surface area contributed by atoms with Gasteiger partial charge < -0.3 is 14.7 Å². The van der Waals surface area contributed by atoms with Crippen molar-refractivity contribution in [3.05, 3.63) is 30.4 Å². The first-order chi connectivity index (χ1) is 7.34. The van der Waals surface area contributed by atoms with E-state index < -0.39 is 0 Å². The third-order valence-electron chi connectivity index (χ3n) is 2.84. The third kappa shape index (κ3) is 1.37. The minimum Gasteiger partial charge on any atom is -0.463 e. The number of rotatable bonds is 1. The normalized spacial score (nSPS) is 20.2. The van der Waals surface area contributed by atoms with E-state index >= 15 is 0 Å². The van der Waals surface area contributed by atoms with Crippen LogP contribution in [0.15, 0.2) is 29.0 Å². The number of nitrogens with zero attached hydrogens (tertiary/aromatic N) is 2. The van der Waals surface area contributed by atoms with Gasteiger partial charge in [0.25, 0.3) is 0 Å². The van der Waals surface area contributed by atoms with E-state index in [1.54, 1.807) is 6.26 Å². The molecule has 0 bridgehead atoms. The smallest absolute Gasteiger partial charge is 0.153 e. The Balaban J connectivity index is 2.06. The van der Waals surface area contributed by atoms with Crippen LogP contribution >= 0.6 is 0 Å². The zero-order valence-corrected chi connectivity index (χ0v) is 8.39. The molecular weight excluding hydrogens is 190 g/mol. The highest BCUT2D eigenvalue weighted by Gasteiger charge is 2.19. The molecule has 0 amide bonds. The van der Waals surface area contributed by atoms with Gasteiger partial charge >= 0.3 is 0 Å². The Labute approximate surface area is 87.7 Å². The summed E-state index contributed by atoms with van der Waals surface area (Å²) in [5, 5.41) is 0. The first kappa shape index (κ1) is 8.73. The van der Waals surface area contributed by atoms with Crippen LogP contribution in [0.4, 0.5) is 0 Å². The molecular formula is C11H13N3O. The van der Waals surface area contributed by atoms with Crippen LogP contribution in [0.5, 0.6) is 0 Å². The number of aromatic nitrogens is 2. The summed E-state index contributed by atoms with van der Waals surface area (Å²) in [5.74, 6) is 1.88. The molecule has 2 aromatic rings. The average molecular weight is 203 g/mol. The number of furan rings is 1. The Hall–Kier alpha value is -1.55. The summed E-state index contributed by atoms with van der Waals surface area (Å²) in [4.78, 5) is 4.53. The number of hydrogen-bond acceptors (Lipinski definition) is 3. The molecule has 0 saturated carbocycles. The first-order valence-corrected chi connectivity index (χ1v) is 5.22. The van der Waals surface area contributed by atoms with Gasteiger partial charge in [0.2, 0.25) is 0 Å². The lowest BCUT2D eigenvalue weighted by atomic mass is 10.1. The lowest BCUT2D eigenvalue weighted by molar-refractivity contribution is 0.408. The molecule has 4 nitrogen and oxygen atoms in total. The molecule has 2 N–H and O–H groups in total. The summed E-state index contributed by atoms with van der Waals surface area (Å²) >= 11 is 0. The van der Waals surface area contributed by atoms with E-state index in [1.165, 1.54) is 0 Å². The van der Waals surface area contributed by atoms with Gasteiger partial charge in [0.15, 0.2) is 5.76 Å². The molecule has 2 aromatic heterocycles. The molecule has 1 aliphatic heterocycles. The van der Waals surface area contributed by atoms with Gasteiger partial charge in [0.05, 0.1) is 12.4 Å². The summed E-state index contributed by atoms with van der Waals surface area (Å²) < 4.78 is 7.37. The van der Waals surface area contributed by atoms with Crippen LogP contribution in [0.25, 0.3) is 11.5 Å². The molecule has 3 rings (SSSR count). The van der Waals surface area contributed by atoms with Crippen LogP contribution in [-0.2, 0) is 6.42 Å². The third-order valence-corrected chi connectivity index (χ3v) is 2.84. The maximum absolute atomic E-state index is 6.01. The zero-order valence-electron chi connectivity index (χ0n) is 8.39. The minimum atomic E-state index is 0.0740. The van der Waals surface area contributed by atoms with Crippen LogP contribution < -0.4 is 5.73 Å². The van der Waals surface area contributed by atoms with Crippen molar-refractivity contribution in [2.45, 2.75) is 25.4 Å². The van der Waals surface area contributed by atoms with Gasteiger partial charge in [-0.1, -0.05) is 0 Å². The molecule has 1 atom stereocenters. The molecule has 3 heterocycles. The van der Waals surface area contributed by atoms with Crippen LogP contribution in [0.1, 0.15) is 24.8 Å². The fraction of sp³-hybridized carbons (Fsp3) is 0.364. The predicted octanol–water partition coefficient (Wildman–Crippen LogP) is 1.94. The van der Waals surface area contributed by atoms with Gasteiger partial charge in [-0.05, 0) is 25.0 Å². The van der Waals surface area contributed by atoms with Gasteiger partial charge in [0, 0.05) is 12.6 Å². The summed E-state index contributed by atoms with van der Waals surface area (Å²) in [5.41, 5.74) is 6.89. The van der Waals surface area contributed by atoms with E-state index in [-0.39, 0.29) is 6.17 Å². The number of fused-ring (bicyclic) bond motifs is 1. The Bertz CT molecular complexity index is 458. The molecule has 15 heavy (non-hydrogen) atoms. The lowest BCUT2D eigenvalue weighted by Crippen LogP contribution is -2.24. The van der Waals surface area contributed by atoms with Crippen molar-refractivity contribution in [1.82, 2.24) is 9.55 Å². The van der Waals surface area contributed by atoms with E-state index in [4.69, 9.17) is 10.2 Å². The molecule has 0 spiro atoms. The molecule has 1 aliphatic rings. The van der Waals surface area contributed by atoms with Gasteiger partial charge in [-0.3, -0.25) is 0 Å². The van der Waals surface area contributed by atoms with Crippen molar-refractivity contribution < 1.29 is 4.42 Å². The molecule has 0 aromatic carbocycles. The van der Waals surface area contributed by atoms with Gasteiger partial charge in [-0.2, -0.15) is 0 Å². The number of nitrogens with two attached hydrogens (primary N) is 1. The zero-order chi connectivity index (χ0) is 10.3. The van der Waals surface area contributed by atoms with Crippen LogP contribution in [0.2, 0.25) is 0 Å². The van der Waals surface area contributed by atoms with Crippen molar-refractivity contribution in [2.24, 2.45) is 5.73 Å². The molecule has 78 valence electrons. The maximum atomic E-state index is 6.01. The highest BCUT2D eigenvalue weighted by molar-refractivity contribution is 5.51. The molecule has 0 saturated heterocycles. The van der Waals surface area contributed by atoms with Crippen molar-refractivity contribution in [2.75, 3.05) is 0 Å². The lowest BCUT2D eigenvalue weighted by Gasteiger charge is -2.20. The Morgan fingerprint density at radius 3 is 3.20 bits per heavy atom. The van der Waals surface area contributed by atoms with Crippen LogP contribution in [-0.4, -0.2) is 9.55 Å². The van der Waals surface area contributed by atoms with Crippen molar-refractivity contribution in [1.29, 1.82) is 0 Å². The van der Waals surface area contributed by atoms with Crippen molar-refractivity contribution >= 4 is 0 Å². The summed E-state index contributed by atoms with van der Waals surface area (Å²) in [6, 6.07) is 3.79. The van der Waals surface area contributed by atoms with Gasteiger partial charge in [-0.15, -0.1) is 0 Å². The van der Waals surface area contributed by atoms with Crippen molar-refractivity contribution in [3.8, 4) is 11.5 Å². The maximum Gasteiger partial charge on any atom is 0.153 e. The molecule has 0 aliphatic carbocycles. The van der Waals surface area contributed by atoms with E-state index in [0.717, 1.165) is 36.5 Å². The Morgan fingerprint density at radius 2 is 2.47 bits per heavy atom. The standard InChI is InChI=1S/C11H13N3O/c12-10-4-1-5-11-13-8(7-14(10)11)9-3-2-6-15-9/h2-3,6-7,10H,1,4-5,12H2. The summed E-state index contributed by atoms with van der Waals surface area (Å²) in [7, 11) is 0. The van der Waals surface area contributed by atoms with Gasteiger partial charge in [0.1, 0.15) is 11.5 Å². The molecule has 4 heteroatoms. The fourth-order valence-corrected chi connectivity index (χ4v) is 2.06. The summed E-state index contributed by atoms with van der Waals surface area (Å²) in [6.45, 7) is 0. The predicted molar refractivity (Wildman–Crippen MR) is 56.1 cm³/mol. The number of hydrogen-bond donors (Lipinski definition) is 1. The highest BCUT2D eigenvalue weighted by atomic mass is 16.3. The first-order valence-electron chi connectivity index (χ1n) is 5.22. The second-order valence-electron chi connectivity index (χ2n) is 3.89. The Kier molecular flexibility index (Phi) is 1.89. The monoisotopic (exact) mass is 203 g/mol. The van der Waals surface area contributed by atoms with E-state index in [9.17, 15) is 0 Å². The average Bonchev–Trinajstić information content (AvgIpc) is 2.86. The van der Waals surface area contributed by atoms with Crippen LogP contribution in [0.3, 0.4) is 0 Å². The number of imidazole rings is 1. The minimum absolute atomic E-state index is 0.0740. The SMILES string of the molecule is NC1CCCc2nc(-c3ccco3)cn21. The summed E-state index contributed by atoms with van der Waals surface area (Å²) in [6.07, 6.45) is 6.88. The largest absolute Gasteiger partial charge is 0.463 e.